The van der Waals surface area contributed by atoms with Crippen LogP contribution >= 0.6 is 0 Å². The third-order valence-corrected chi connectivity index (χ3v) is 4.28. The lowest BCUT2D eigenvalue weighted by molar-refractivity contribution is 0.0171. The Balaban J connectivity index is 1.91. The number of hydrogen-bond acceptors (Lipinski definition) is 5. The van der Waals surface area contributed by atoms with Gasteiger partial charge in [0, 0.05) is 12.1 Å². The Morgan fingerprint density at radius 2 is 2.00 bits per heavy atom. The molecule has 1 aromatic carbocycles. The van der Waals surface area contributed by atoms with Crippen molar-refractivity contribution in [1.29, 1.82) is 0 Å². The lowest BCUT2D eigenvalue weighted by Crippen LogP contribution is -2.46. The zero-order valence-corrected chi connectivity index (χ0v) is 14.0. The fourth-order valence-electron chi connectivity index (χ4n) is 2.70. The zero-order chi connectivity index (χ0) is 16.8. The van der Waals surface area contributed by atoms with E-state index in [-0.39, 0.29) is 18.1 Å². The predicted molar refractivity (Wildman–Crippen MR) is 87.8 cm³/mol. The maximum Gasteiger partial charge on any atom is 0.251 e. The monoisotopic (exact) mass is 322 g/mol. The van der Waals surface area contributed by atoms with E-state index in [1.54, 1.807) is 31.4 Å². The van der Waals surface area contributed by atoms with Crippen LogP contribution in [0.4, 0.5) is 0 Å². The molecule has 1 heterocycles. The van der Waals surface area contributed by atoms with Crippen LogP contribution in [0.25, 0.3) is 0 Å². The van der Waals surface area contributed by atoms with Gasteiger partial charge in [0.2, 0.25) is 0 Å². The Kier molecular flexibility index (Phi) is 6.38. The van der Waals surface area contributed by atoms with Gasteiger partial charge in [-0.2, -0.15) is 0 Å². The Hall–Kier alpha value is -1.63. The summed E-state index contributed by atoms with van der Waals surface area (Å²) in [6.07, 6.45) is -0.964. The number of carbonyl (C=O) groups is 1. The van der Waals surface area contributed by atoms with Gasteiger partial charge in [-0.25, -0.2) is 0 Å². The molecule has 6 nitrogen and oxygen atoms in total. The Bertz CT molecular complexity index is 502. The average Bonchev–Trinajstić information content (AvgIpc) is 2.92. The Labute approximate surface area is 137 Å². The summed E-state index contributed by atoms with van der Waals surface area (Å²) in [5.41, 5.74) is 0.533. The maximum atomic E-state index is 12.3. The molecular weight excluding hydrogens is 296 g/mol. The normalized spacial score (nSPS) is 24.0. The molecule has 128 valence electrons. The van der Waals surface area contributed by atoms with E-state index in [0.29, 0.717) is 24.5 Å². The molecule has 1 saturated heterocycles. The molecule has 0 aromatic heterocycles. The van der Waals surface area contributed by atoms with Gasteiger partial charge >= 0.3 is 0 Å². The van der Waals surface area contributed by atoms with Gasteiger partial charge in [-0.3, -0.25) is 4.79 Å². The molecule has 1 aliphatic heterocycles. The summed E-state index contributed by atoms with van der Waals surface area (Å²) >= 11 is 0. The van der Waals surface area contributed by atoms with Crippen molar-refractivity contribution >= 4 is 5.91 Å². The second-order valence-corrected chi connectivity index (χ2v) is 5.66. The first kappa shape index (κ1) is 17.7. The van der Waals surface area contributed by atoms with Crippen molar-refractivity contribution in [2.75, 3.05) is 33.4 Å². The molecule has 1 amide bonds. The number of ether oxygens (including phenoxy) is 2. The first-order valence-electron chi connectivity index (χ1n) is 8.06. The molecule has 23 heavy (non-hydrogen) atoms. The number of amides is 1. The number of benzene rings is 1. The molecule has 0 saturated carbocycles. The van der Waals surface area contributed by atoms with E-state index >= 15 is 0 Å². The summed E-state index contributed by atoms with van der Waals surface area (Å²) in [5.74, 6) is 0.480. The van der Waals surface area contributed by atoms with Crippen LogP contribution < -0.4 is 10.1 Å². The number of hydrogen-bond donors (Lipinski definition) is 2. The molecular formula is C17H26N2O4. The molecule has 6 heteroatoms. The summed E-state index contributed by atoms with van der Waals surface area (Å²) < 4.78 is 10.7. The summed E-state index contributed by atoms with van der Waals surface area (Å²) in [6.45, 7) is 6.97. The number of carbonyl (C=O) groups excluding carboxylic acids is 1. The van der Waals surface area contributed by atoms with Crippen LogP contribution in [0.1, 0.15) is 24.2 Å². The minimum absolute atomic E-state index is 0.219. The van der Waals surface area contributed by atoms with E-state index in [1.807, 2.05) is 0 Å². The Morgan fingerprint density at radius 1 is 1.35 bits per heavy atom. The van der Waals surface area contributed by atoms with Crippen molar-refractivity contribution in [2.24, 2.45) is 0 Å². The summed E-state index contributed by atoms with van der Waals surface area (Å²) in [4.78, 5) is 14.5. The van der Waals surface area contributed by atoms with Gasteiger partial charge in [-0.15, -0.1) is 0 Å². The van der Waals surface area contributed by atoms with E-state index in [2.05, 4.69) is 24.1 Å². The number of nitrogens with one attached hydrogen (secondary N) is 1. The Morgan fingerprint density at radius 3 is 2.57 bits per heavy atom. The molecule has 2 rings (SSSR count). The topological polar surface area (TPSA) is 71.0 Å². The number of aliphatic hydroxyl groups is 1. The third-order valence-electron chi connectivity index (χ3n) is 4.28. The number of methoxy groups -OCH3 is 1. The molecule has 3 atom stereocenters. The second kappa shape index (κ2) is 8.29. The number of aliphatic hydroxyl groups excluding tert-OH is 1. The van der Waals surface area contributed by atoms with Crippen molar-refractivity contribution in [3.05, 3.63) is 29.8 Å². The van der Waals surface area contributed by atoms with Gasteiger partial charge in [-0.1, -0.05) is 13.8 Å². The van der Waals surface area contributed by atoms with E-state index in [4.69, 9.17) is 9.47 Å². The standard InChI is InChI=1S/C17H26N2O4/c1-4-19(5-2)10-15-16(20)14(11-23-15)18-17(21)12-6-8-13(22-3)9-7-12/h6-9,14-16,20H,4-5,10-11H2,1-3H3,(H,18,21). The first-order chi connectivity index (χ1) is 11.1. The average molecular weight is 322 g/mol. The summed E-state index contributed by atoms with van der Waals surface area (Å²) in [6, 6.07) is 6.48. The van der Waals surface area contributed by atoms with Gasteiger partial charge in [0.25, 0.3) is 5.91 Å². The highest BCUT2D eigenvalue weighted by Gasteiger charge is 2.37. The van der Waals surface area contributed by atoms with Crippen molar-refractivity contribution in [3.63, 3.8) is 0 Å². The predicted octanol–water partition coefficient (Wildman–Crippen LogP) is 0.895. The number of nitrogens with zero attached hydrogens (tertiary/aromatic N) is 1. The van der Waals surface area contributed by atoms with Gasteiger partial charge in [0.15, 0.2) is 0 Å². The quantitative estimate of drug-likeness (QED) is 0.780. The molecule has 1 aliphatic rings. The van der Waals surface area contributed by atoms with Crippen LogP contribution in [0.3, 0.4) is 0 Å². The first-order valence-corrected chi connectivity index (χ1v) is 8.06. The molecule has 3 unspecified atom stereocenters. The van der Waals surface area contributed by atoms with E-state index in [9.17, 15) is 9.90 Å². The highest BCUT2D eigenvalue weighted by molar-refractivity contribution is 5.94. The van der Waals surface area contributed by atoms with Crippen LogP contribution in [0, 0.1) is 0 Å². The third kappa shape index (κ3) is 4.43. The van der Waals surface area contributed by atoms with Gasteiger partial charge < -0.3 is 24.8 Å². The fourth-order valence-corrected chi connectivity index (χ4v) is 2.70. The van der Waals surface area contributed by atoms with Gasteiger partial charge in [0.1, 0.15) is 11.9 Å². The molecule has 2 N–H and O–H groups in total. The lowest BCUT2D eigenvalue weighted by Gasteiger charge is -2.24. The largest absolute Gasteiger partial charge is 0.497 e. The molecule has 0 radical (unpaired) electrons. The second-order valence-electron chi connectivity index (χ2n) is 5.66. The van der Waals surface area contributed by atoms with E-state index in [1.165, 1.54) is 0 Å². The molecule has 0 spiro atoms. The highest BCUT2D eigenvalue weighted by Crippen LogP contribution is 2.17. The molecule has 0 bridgehead atoms. The number of likely N-dealkylation sites (N-methyl/N-ethyl adjacent to an activating group) is 1. The molecule has 1 aromatic rings. The van der Waals surface area contributed by atoms with Gasteiger partial charge in [-0.05, 0) is 37.4 Å². The fraction of sp³-hybridized carbons (Fsp3) is 0.588. The SMILES string of the molecule is CCN(CC)CC1OCC(NC(=O)c2ccc(OC)cc2)C1O. The van der Waals surface area contributed by atoms with Crippen LogP contribution in [-0.2, 0) is 4.74 Å². The van der Waals surface area contributed by atoms with Crippen LogP contribution in [0.15, 0.2) is 24.3 Å². The maximum absolute atomic E-state index is 12.3. The molecule has 1 fully saturated rings. The van der Waals surface area contributed by atoms with Crippen molar-refractivity contribution in [1.82, 2.24) is 10.2 Å². The van der Waals surface area contributed by atoms with Crippen LogP contribution in [0.5, 0.6) is 5.75 Å². The minimum atomic E-state index is -0.696. The van der Waals surface area contributed by atoms with Gasteiger partial charge in [0.05, 0.1) is 25.9 Å². The van der Waals surface area contributed by atoms with Crippen molar-refractivity contribution in [2.45, 2.75) is 32.1 Å². The smallest absolute Gasteiger partial charge is 0.251 e. The van der Waals surface area contributed by atoms with Crippen LogP contribution in [0.2, 0.25) is 0 Å². The lowest BCUT2D eigenvalue weighted by atomic mass is 10.1. The zero-order valence-electron chi connectivity index (χ0n) is 14.0. The minimum Gasteiger partial charge on any atom is -0.497 e. The summed E-state index contributed by atoms with van der Waals surface area (Å²) in [5, 5.41) is 13.2. The van der Waals surface area contributed by atoms with E-state index in [0.717, 1.165) is 13.1 Å². The van der Waals surface area contributed by atoms with Crippen molar-refractivity contribution in [3.8, 4) is 5.75 Å². The molecule has 0 aliphatic carbocycles. The number of rotatable bonds is 7. The van der Waals surface area contributed by atoms with E-state index < -0.39 is 6.10 Å². The summed E-state index contributed by atoms with van der Waals surface area (Å²) in [7, 11) is 1.58. The van der Waals surface area contributed by atoms with Crippen molar-refractivity contribution < 1.29 is 19.4 Å². The highest BCUT2D eigenvalue weighted by atomic mass is 16.5. The van der Waals surface area contributed by atoms with Crippen LogP contribution in [-0.4, -0.2) is 67.5 Å².